The van der Waals surface area contributed by atoms with Crippen molar-refractivity contribution in [2.24, 2.45) is 0 Å². The largest absolute Gasteiger partial charge is 0.336 e. The normalized spacial score (nSPS) is 13.9. The number of anilines is 2. The van der Waals surface area contributed by atoms with Gasteiger partial charge < -0.3 is 4.90 Å². The van der Waals surface area contributed by atoms with Gasteiger partial charge in [0.05, 0.1) is 5.69 Å². The van der Waals surface area contributed by atoms with Crippen molar-refractivity contribution in [2.45, 2.75) is 11.8 Å². The summed E-state index contributed by atoms with van der Waals surface area (Å²) in [6.07, 6.45) is 0. The Hall–Kier alpha value is -3.02. The van der Waals surface area contributed by atoms with Crippen LogP contribution in [0.2, 0.25) is 5.02 Å². The fraction of sp³-hybridized carbons (Fsp3) is 0.0833. The molecule has 150 valence electrons. The molecule has 0 aliphatic carbocycles. The zero-order valence-corrected chi connectivity index (χ0v) is 17.9. The second-order valence-electron chi connectivity index (χ2n) is 6.60. The number of carbonyl (C=O) groups excluding carboxylic acids is 2. The number of likely N-dealkylation sites (N-methyl/N-ethyl adjacent to an activating group) is 1. The fourth-order valence-corrected chi connectivity index (χ4v) is 4.55. The van der Waals surface area contributed by atoms with Gasteiger partial charge in [-0.1, -0.05) is 65.8 Å². The zero-order valence-electron chi connectivity index (χ0n) is 16.3. The minimum absolute atomic E-state index is 0.347. The molecule has 0 fully saturated rings. The van der Waals surface area contributed by atoms with E-state index in [1.165, 1.54) is 16.7 Å². The predicted octanol–water partition coefficient (Wildman–Crippen LogP) is 5.74. The summed E-state index contributed by atoms with van der Waals surface area (Å²) in [7, 11) is 0. The Kier molecular flexibility index (Phi) is 5.93. The summed E-state index contributed by atoms with van der Waals surface area (Å²) in [6.45, 7) is 2.51. The van der Waals surface area contributed by atoms with Crippen molar-refractivity contribution in [1.29, 1.82) is 0 Å². The highest BCUT2D eigenvalue weighted by atomic mass is 35.5. The van der Waals surface area contributed by atoms with Crippen LogP contribution in [0, 0.1) is 0 Å². The van der Waals surface area contributed by atoms with Crippen LogP contribution in [-0.4, -0.2) is 18.4 Å². The standard InChI is InChI=1S/C24H19ClN2O2S/c1-2-26(18-11-5-3-6-12-18)21-22(30-20-14-7-4-8-15-20)24(29)27(23(21)28)19-13-9-10-17(25)16-19/h3-16H,2H2,1H3. The fourth-order valence-electron chi connectivity index (χ4n) is 3.36. The molecule has 6 heteroatoms. The second kappa shape index (κ2) is 8.78. The third-order valence-corrected chi connectivity index (χ3v) is 6.02. The molecule has 30 heavy (non-hydrogen) atoms. The van der Waals surface area contributed by atoms with Crippen LogP contribution in [-0.2, 0) is 9.59 Å². The maximum Gasteiger partial charge on any atom is 0.283 e. The third-order valence-electron chi connectivity index (χ3n) is 4.70. The summed E-state index contributed by atoms with van der Waals surface area (Å²) in [6, 6.07) is 26.0. The summed E-state index contributed by atoms with van der Waals surface area (Å²) in [4.78, 5) is 31.4. The quantitative estimate of drug-likeness (QED) is 0.463. The van der Waals surface area contributed by atoms with Crippen molar-refractivity contribution >= 4 is 46.6 Å². The maximum atomic E-state index is 13.6. The van der Waals surface area contributed by atoms with Gasteiger partial charge in [0, 0.05) is 22.2 Å². The molecule has 3 aromatic carbocycles. The van der Waals surface area contributed by atoms with Crippen LogP contribution in [0.25, 0.3) is 0 Å². The minimum atomic E-state index is -0.355. The average molecular weight is 435 g/mol. The van der Waals surface area contributed by atoms with E-state index in [9.17, 15) is 9.59 Å². The molecule has 1 aliphatic rings. The highest BCUT2D eigenvalue weighted by Gasteiger charge is 2.42. The Balaban J connectivity index is 1.83. The lowest BCUT2D eigenvalue weighted by Gasteiger charge is -2.24. The van der Waals surface area contributed by atoms with Crippen molar-refractivity contribution in [3.8, 4) is 0 Å². The molecule has 0 saturated carbocycles. The van der Waals surface area contributed by atoms with Crippen LogP contribution < -0.4 is 9.80 Å². The molecule has 0 bridgehead atoms. The summed E-state index contributed by atoms with van der Waals surface area (Å²) in [5.74, 6) is -0.702. The average Bonchev–Trinajstić information content (AvgIpc) is 3.00. The van der Waals surface area contributed by atoms with Crippen LogP contribution >= 0.6 is 23.4 Å². The molecule has 0 N–H and O–H groups in total. The van der Waals surface area contributed by atoms with E-state index in [2.05, 4.69) is 0 Å². The Morgan fingerprint density at radius 3 is 2.17 bits per heavy atom. The van der Waals surface area contributed by atoms with Crippen molar-refractivity contribution in [2.75, 3.05) is 16.3 Å². The lowest BCUT2D eigenvalue weighted by molar-refractivity contribution is -0.120. The van der Waals surface area contributed by atoms with E-state index in [4.69, 9.17) is 11.6 Å². The Bertz CT molecular complexity index is 1120. The molecule has 3 aromatic rings. The van der Waals surface area contributed by atoms with Gasteiger partial charge in [0.25, 0.3) is 11.8 Å². The molecule has 2 amide bonds. The molecule has 1 heterocycles. The highest BCUT2D eigenvalue weighted by molar-refractivity contribution is 8.04. The van der Waals surface area contributed by atoms with Gasteiger partial charge in [0.15, 0.2) is 0 Å². The smallest absolute Gasteiger partial charge is 0.283 e. The van der Waals surface area contributed by atoms with E-state index in [-0.39, 0.29) is 11.8 Å². The van der Waals surface area contributed by atoms with E-state index in [1.807, 2.05) is 72.5 Å². The summed E-state index contributed by atoms with van der Waals surface area (Å²) in [5.41, 5.74) is 1.69. The number of halogens is 1. The van der Waals surface area contributed by atoms with Gasteiger partial charge in [0.1, 0.15) is 10.6 Å². The Labute approximate surface area is 184 Å². The number of thioether (sulfide) groups is 1. The first-order valence-electron chi connectivity index (χ1n) is 9.54. The SMILES string of the molecule is CCN(C1=C(Sc2ccccc2)C(=O)N(c2cccc(Cl)c2)C1=O)c1ccccc1. The number of carbonyl (C=O) groups is 2. The van der Waals surface area contributed by atoms with Crippen LogP contribution in [0.5, 0.6) is 0 Å². The van der Waals surface area contributed by atoms with E-state index >= 15 is 0 Å². The van der Waals surface area contributed by atoms with Crippen molar-refractivity contribution in [1.82, 2.24) is 0 Å². The monoisotopic (exact) mass is 434 g/mol. The number of rotatable bonds is 6. The summed E-state index contributed by atoms with van der Waals surface area (Å²) < 4.78 is 0. The molecule has 0 unspecified atom stereocenters. The number of benzene rings is 3. The van der Waals surface area contributed by atoms with Crippen molar-refractivity contribution < 1.29 is 9.59 Å². The maximum absolute atomic E-state index is 13.6. The highest BCUT2D eigenvalue weighted by Crippen LogP contribution is 2.40. The third kappa shape index (κ3) is 3.86. The lowest BCUT2D eigenvalue weighted by atomic mass is 10.2. The Morgan fingerprint density at radius 1 is 0.867 bits per heavy atom. The number of hydrogen-bond acceptors (Lipinski definition) is 4. The topological polar surface area (TPSA) is 40.6 Å². The van der Waals surface area contributed by atoms with Crippen LogP contribution in [0.3, 0.4) is 0 Å². The van der Waals surface area contributed by atoms with Crippen LogP contribution in [0.1, 0.15) is 6.92 Å². The van der Waals surface area contributed by atoms with Crippen molar-refractivity contribution in [3.05, 3.63) is 101 Å². The number of amides is 2. The van der Waals surface area contributed by atoms with Crippen LogP contribution in [0.4, 0.5) is 11.4 Å². The van der Waals surface area contributed by atoms with Gasteiger partial charge in [-0.15, -0.1) is 0 Å². The van der Waals surface area contributed by atoms with E-state index < -0.39 is 0 Å². The number of imide groups is 1. The van der Waals surface area contributed by atoms with Gasteiger partial charge in [-0.05, 0) is 49.4 Å². The van der Waals surface area contributed by atoms with Gasteiger partial charge in [-0.2, -0.15) is 0 Å². The summed E-state index contributed by atoms with van der Waals surface area (Å²) >= 11 is 7.43. The van der Waals surface area contributed by atoms with Crippen LogP contribution in [0.15, 0.2) is 100 Å². The molecule has 4 rings (SSSR count). The van der Waals surface area contributed by atoms with Gasteiger partial charge in [-0.25, -0.2) is 4.90 Å². The van der Waals surface area contributed by atoms with Crippen molar-refractivity contribution in [3.63, 3.8) is 0 Å². The minimum Gasteiger partial charge on any atom is -0.336 e. The van der Waals surface area contributed by atoms with E-state index in [1.54, 1.807) is 24.3 Å². The first kappa shape index (κ1) is 20.3. The molecule has 1 aliphatic heterocycles. The first-order valence-corrected chi connectivity index (χ1v) is 10.7. The molecular weight excluding hydrogens is 416 g/mol. The molecule has 0 saturated heterocycles. The Morgan fingerprint density at radius 2 is 1.53 bits per heavy atom. The number of hydrogen-bond donors (Lipinski definition) is 0. The molecular formula is C24H19ClN2O2S. The summed E-state index contributed by atoms with van der Waals surface area (Å²) in [5, 5.41) is 0.467. The van der Waals surface area contributed by atoms with Gasteiger partial charge in [-0.3, -0.25) is 9.59 Å². The molecule has 4 nitrogen and oxygen atoms in total. The lowest BCUT2D eigenvalue weighted by Crippen LogP contribution is -2.35. The zero-order chi connectivity index (χ0) is 21.1. The van der Waals surface area contributed by atoms with E-state index in [0.29, 0.717) is 27.9 Å². The van der Waals surface area contributed by atoms with Gasteiger partial charge in [0.2, 0.25) is 0 Å². The molecule has 0 atom stereocenters. The second-order valence-corrected chi connectivity index (χ2v) is 8.12. The van der Waals surface area contributed by atoms with E-state index in [0.717, 1.165) is 10.6 Å². The molecule has 0 spiro atoms. The first-order chi connectivity index (χ1) is 14.6. The predicted molar refractivity (Wildman–Crippen MR) is 123 cm³/mol. The molecule has 0 radical (unpaired) electrons. The van der Waals surface area contributed by atoms with Gasteiger partial charge >= 0.3 is 0 Å². The number of nitrogens with zero attached hydrogens (tertiary/aromatic N) is 2. The number of para-hydroxylation sites is 1. The molecule has 0 aromatic heterocycles.